The molecule has 27 heavy (non-hydrogen) atoms. The number of nitrogens with one attached hydrogen (secondary N) is 1. The molecule has 1 aliphatic rings. The number of fused-ring (bicyclic) bond motifs is 1. The van der Waals surface area contributed by atoms with E-state index in [1.807, 2.05) is 0 Å². The van der Waals surface area contributed by atoms with Crippen molar-refractivity contribution in [2.45, 2.75) is 19.3 Å². The van der Waals surface area contributed by atoms with Crippen molar-refractivity contribution in [1.29, 1.82) is 0 Å². The first-order chi connectivity index (χ1) is 13.1. The minimum Gasteiger partial charge on any atom is -0.465 e. The van der Waals surface area contributed by atoms with E-state index in [4.69, 9.17) is 9.47 Å². The van der Waals surface area contributed by atoms with Crippen molar-refractivity contribution in [2.24, 2.45) is 0 Å². The summed E-state index contributed by atoms with van der Waals surface area (Å²) in [4.78, 5) is 40.9. The molecule has 140 valence electrons. The number of pyridine rings is 1. The lowest BCUT2D eigenvalue weighted by molar-refractivity contribution is -0.142. The number of aromatic nitrogens is 1. The van der Waals surface area contributed by atoms with Crippen LogP contribution in [0.2, 0.25) is 0 Å². The number of esters is 2. The van der Waals surface area contributed by atoms with Gasteiger partial charge in [0.05, 0.1) is 12.7 Å². The molecule has 0 fully saturated rings. The molecular weight excluding hydrogens is 368 g/mol. The molecule has 0 unspecified atom stereocenters. The van der Waals surface area contributed by atoms with Crippen LogP contribution in [-0.2, 0) is 31.9 Å². The highest BCUT2D eigenvalue weighted by Crippen LogP contribution is 2.39. The van der Waals surface area contributed by atoms with Crippen molar-refractivity contribution in [3.05, 3.63) is 52.2 Å². The molecule has 2 aromatic heterocycles. The van der Waals surface area contributed by atoms with Crippen molar-refractivity contribution in [1.82, 2.24) is 4.98 Å². The number of hydrogen-bond acceptors (Lipinski definition) is 7. The van der Waals surface area contributed by atoms with Crippen LogP contribution in [0.3, 0.4) is 0 Å². The van der Waals surface area contributed by atoms with Crippen LogP contribution in [-0.4, -0.2) is 36.5 Å². The van der Waals surface area contributed by atoms with Crippen LogP contribution < -0.4 is 5.32 Å². The molecule has 1 N–H and O–H groups in total. The number of aryl methyl sites for hydroxylation is 1. The summed E-state index contributed by atoms with van der Waals surface area (Å²) in [6.07, 6.45) is 8.69. The van der Waals surface area contributed by atoms with Gasteiger partial charge in [-0.05, 0) is 48.6 Å². The molecule has 1 amide bonds. The van der Waals surface area contributed by atoms with Gasteiger partial charge in [0.15, 0.2) is 6.61 Å². The summed E-state index contributed by atoms with van der Waals surface area (Å²) in [5.41, 5.74) is 2.15. The molecular formula is C19H18N2O5S. The van der Waals surface area contributed by atoms with E-state index >= 15 is 0 Å². The van der Waals surface area contributed by atoms with Gasteiger partial charge in [-0.2, -0.15) is 0 Å². The highest BCUT2D eigenvalue weighted by Gasteiger charge is 2.28. The summed E-state index contributed by atoms with van der Waals surface area (Å²) in [5, 5.41) is 3.10. The van der Waals surface area contributed by atoms with Gasteiger partial charge in [0.1, 0.15) is 5.00 Å². The zero-order chi connectivity index (χ0) is 19.2. The molecule has 2 heterocycles. The number of thiophene rings is 1. The van der Waals surface area contributed by atoms with E-state index in [1.54, 1.807) is 30.6 Å². The molecule has 7 nitrogen and oxygen atoms in total. The van der Waals surface area contributed by atoms with E-state index in [1.165, 1.54) is 24.5 Å². The summed E-state index contributed by atoms with van der Waals surface area (Å²) in [7, 11) is 1.31. The third-order valence-electron chi connectivity index (χ3n) is 4.03. The van der Waals surface area contributed by atoms with Crippen LogP contribution in [0.15, 0.2) is 30.6 Å². The van der Waals surface area contributed by atoms with Gasteiger partial charge in [-0.25, -0.2) is 9.59 Å². The molecule has 0 bridgehead atoms. The fourth-order valence-electron chi connectivity index (χ4n) is 2.80. The predicted molar refractivity (Wildman–Crippen MR) is 101 cm³/mol. The standard InChI is InChI=1S/C19H18N2O5S/c1-25-19(24)17-13-3-2-4-14(13)27-18(17)21-15(22)11-26-16(23)6-5-12-7-9-20-10-8-12/h5-10H,2-4,11H2,1H3,(H,21,22). The van der Waals surface area contributed by atoms with Crippen LogP contribution >= 0.6 is 11.3 Å². The number of rotatable bonds is 6. The summed E-state index contributed by atoms with van der Waals surface area (Å²) in [6.45, 7) is -0.442. The average Bonchev–Trinajstić information content (AvgIpc) is 3.25. The highest BCUT2D eigenvalue weighted by molar-refractivity contribution is 7.17. The fourth-order valence-corrected chi connectivity index (χ4v) is 4.09. The van der Waals surface area contributed by atoms with Crippen molar-refractivity contribution in [2.75, 3.05) is 19.0 Å². The van der Waals surface area contributed by atoms with Crippen LogP contribution in [0.5, 0.6) is 0 Å². The van der Waals surface area contributed by atoms with Gasteiger partial charge in [-0.1, -0.05) is 0 Å². The summed E-state index contributed by atoms with van der Waals surface area (Å²) < 4.78 is 9.77. The monoisotopic (exact) mass is 386 g/mol. The molecule has 3 rings (SSSR count). The molecule has 0 atom stereocenters. The van der Waals surface area contributed by atoms with E-state index in [0.717, 1.165) is 35.3 Å². The number of amides is 1. The third-order valence-corrected chi connectivity index (χ3v) is 5.23. The largest absolute Gasteiger partial charge is 0.465 e. The first kappa shape index (κ1) is 18.8. The van der Waals surface area contributed by atoms with E-state index < -0.39 is 24.5 Å². The molecule has 2 aromatic rings. The summed E-state index contributed by atoms with van der Waals surface area (Å²) in [5.74, 6) is -1.61. The Morgan fingerprint density at radius 1 is 1.26 bits per heavy atom. The normalized spacial score (nSPS) is 12.6. The lowest BCUT2D eigenvalue weighted by Crippen LogP contribution is -2.21. The SMILES string of the molecule is COC(=O)c1c(NC(=O)COC(=O)C=Cc2ccncc2)sc2c1CCC2. The maximum absolute atomic E-state index is 12.1. The number of hydrogen-bond donors (Lipinski definition) is 1. The Labute approximate surface area is 160 Å². The van der Waals surface area contributed by atoms with E-state index in [0.29, 0.717) is 10.6 Å². The van der Waals surface area contributed by atoms with Crippen LogP contribution in [0.1, 0.15) is 32.8 Å². The molecule has 0 saturated heterocycles. The van der Waals surface area contributed by atoms with Gasteiger partial charge in [0.25, 0.3) is 5.91 Å². The van der Waals surface area contributed by atoms with Gasteiger partial charge in [-0.3, -0.25) is 9.78 Å². The molecule has 1 aliphatic carbocycles. The smallest absolute Gasteiger partial charge is 0.341 e. The lowest BCUT2D eigenvalue weighted by Gasteiger charge is -2.07. The van der Waals surface area contributed by atoms with Crippen molar-refractivity contribution < 1.29 is 23.9 Å². The van der Waals surface area contributed by atoms with Gasteiger partial charge in [-0.15, -0.1) is 11.3 Å². The Kier molecular flexibility index (Phi) is 5.97. The average molecular weight is 386 g/mol. The van der Waals surface area contributed by atoms with Gasteiger partial charge < -0.3 is 14.8 Å². The topological polar surface area (TPSA) is 94.6 Å². The second kappa shape index (κ2) is 8.59. The number of ether oxygens (including phenoxy) is 2. The van der Waals surface area contributed by atoms with E-state index in [-0.39, 0.29) is 0 Å². The van der Waals surface area contributed by atoms with Crippen LogP contribution in [0.4, 0.5) is 5.00 Å². The van der Waals surface area contributed by atoms with Crippen molar-refractivity contribution in [3.8, 4) is 0 Å². The van der Waals surface area contributed by atoms with E-state index in [9.17, 15) is 14.4 Å². The number of carbonyl (C=O) groups excluding carboxylic acids is 3. The lowest BCUT2D eigenvalue weighted by atomic mass is 10.1. The maximum atomic E-state index is 12.1. The minimum absolute atomic E-state index is 0.409. The summed E-state index contributed by atoms with van der Waals surface area (Å²) >= 11 is 1.37. The molecule has 0 radical (unpaired) electrons. The molecule has 0 saturated carbocycles. The van der Waals surface area contributed by atoms with Crippen LogP contribution in [0.25, 0.3) is 6.08 Å². The Morgan fingerprint density at radius 2 is 2.04 bits per heavy atom. The van der Waals surface area contributed by atoms with Crippen molar-refractivity contribution >= 4 is 40.3 Å². The first-order valence-corrected chi connectivity index (χ1v) is 9.17. The van der Waals surface area contributed by atoms with Gasteiger partial charge >= 0.3 is 11.9 Å². The molecule has 0 spiro atoms. The Bertz CT molecular complexity index is 889. The van der Waals surface area contributed by atoms with Gasteiger partial charge in [0, 0.05) is 23.3 Å². The van der Waals surface area contributed by atoms with E-state index in [2.05, 4.69) is 10.3 Å². The number of carbonyl (C=O) groups is 3. The van der Waals surface area contributed by atoms with Gasteiger partial charge in [0.2, 0.25) is 0 Å². The summed E-state index contributed by atoms with van der Waals surface area (Å²) in [6, 6.07) is 3.47. The molecule has 8 heteroatoms. The quantitative estimate of drug-likeness (QED) is 0.606. The van der Waals surface area contributed by atoms with Crippen LogP contribution in [0, 0.1) is 0 Å². The second-order valence-corrected chi connectivity index (χ2v) is 6.93. The number of anilines is 1. The zero-order valence-corrected chi connectivity index (χ0v) is 15.5. The Hall–Kier alpha value is -3.00. The zero-order valence-electron chi connectivity index (χ0n) is 14.7. The Balaban J connectivity index is 1.58. The molecule has 0 aliphatic heterocycles. The molecule has 0 aromatic carbocycles. The minimum atomic E-state index is -0.635. The highest BCUT2D eigenvalue weighted by atomic mass is 32.1. The van der Waals surface area contributed by atoms with Crippen molar-refractivity contribution in [3.63, 3.8) is 0 Å². The third kappa shape index (κ3) is 4.59. The predicted octanol–water partition coefficient (Wildman–Crippen LogP) is 2.61. The Morgan fingerprint density at radius 3 is 2.78 bits per heavy atom. The second-order valence-electron chi connectivity index (χ2n) is 5.82. The first-order valence-electron chi connectivity index (χ1n) is 8.36. The maximum Gasteiger partial charge on any atom is 0.341 e. The fraction of sp³-hybridized carbons (Fsp3) is 0.263. The number of methoxy groups -OCH3 is 1. The number of nitrogens with zero attached hydrogens (tertiary/aromatic N) is 1.